The molecular weight excluding hydrogens is 204 g/mol. The number of aliphatic hydroxyl groups is 1. The van der Waals surface area contributed by atoms with Crippen molar-refractivity contribution in [3.8, 4) is 5.75 Å². The predicted molar refractivity (Wildman–Crippen MR) is 60.5 cm³/mol. The number of methoxy groups -OCH3 is 1. The second-order valence-corrected chi connectivity index (χ2v) is 3.63. The van der Waals surface area contributed by atoms with Crippen LogP contribution in [-0.2, 0) is 0 Å². The Morgan fingerprint density at radius 3 is 2.69 bits per heavy atom. The molecule has 1 aromatic carbocycles. The minimum atomic E-state index is -0.746. The van der Waals surface area contributed by atoms with E-state index in [9.17, 15) is 5.11 Å². The molecule has 3 heteroatoms. The molecule has 0 bridgehead atoms. The molecule has 0 saturated carbocycles. The number of aryl methyl sites for hydroxylation is 1. The van der Waals surface area contributed by atoms with Gasteiger partial charge in [-0.15, -0.1) is 0 Å². The van der Waals surface area contributed by atoms with Crippen molar-refractivity contribution < 1.29 is 14.3 Å². The zero-order valence-corrected chi connectivity index (χ0v) is 9.31. The average molecular weight is 218 g/mol. The monoisotopic (exact) mass is 218 g/mol. The van der Waals surface area contributed by atoms with Crippen molar-refractivity contribution >= 4 is 0 Å². The molecule has 0 saturated heterocycles. The van der Waals surface area contributed by atoms with Crippen LogP contribution in [0.3, 0.4) is 0 Å². The second-order valence-electron chi connectivity index (χ2n) is 3.63. The number of benzene rings is 1. The third kappa shape index (κ3) is 2.09. The smallest absolute Gasteiger partial charge is 0.137 e. The van der Waals surface area contributed by atoms with Crippen LogP contribution in [0.15, 0.2) is 40.8 Å². The lowest BCUT2D eigenvalue weighted by molar-refractivity contribution is 0.187. The van der Waals surface area contributed by atoms with Crippen LogP contribution in [0.1, 0.15) is 23.2 Å². The topological polar surface area (TPSA) is 42.6 Å². The molecule has 0 fully saturated rings. The summed E-state index contributed by atoms with van der Waals surface area (Å²) in [6, 6.07) is 10.9. The van der Waals surface area contributed by atoms with Crippen molar-refractivity contribution in [2.75, 3.05) is 7.11 Å². The Morgan fingerprint density at radius 1 is 1.25 bits per heavy atom. The van der Waals surface area contributed by atoms with Crippen molar-refractivity contribution in [2.45, 2.75) is 13.0 Å². The maximum absolute atomic E-state index is 10.1. The van der Waals surface area contributed by atoms with Crippen LogP contribution in [0, 0.1) is 6.92 Å². The summed E-state index contributed by atoms with van der Waals surface area (Å²) in [5, 5.41) is 10.1. The number of furan rings is 1. The van der Waals surface area contributed by atoms with E-state index >= 15 is 0 Å². The highest BCUT2D eigenvalue weighted by molar-refractivity contribution is 5.33. The Hall–Kier alpha value is -1.74. The molecule has 1 N–H and O–H groups in total. The van der Waals surface area contributed by atoms with Gasteiger partial charge in [-0.05, 0) is 36.8 Å². The van der Waals surface area contributed by atoms with E-state index in [4.69, 9.17) is 9.15 Å². The van der Waals surface area contributed by atoms with Gasteiger partial charge in [0.2, 0.25) is 0 Å². The lowest BCUT2D eigenvalue weighted by Gasteiger charge is -2.09. The molecule has 0 spiro atoms. The van der Waals surface area contributed by atoms with Gasteiger partial charge in [0, 0.05) is 0 Å². The van der Waals surface area contributed by atoms with Crippen LogP contribution in [0.2, 0.25) is 0 Å². The summed E-state index contributed by atoms with van der Waals surface area (Å²) in [4.78, 5) is 0. The highest BCUT2D eigenvalue weighted by Crippen LogP contribution is 2.26. The van der Waals surface area contributed by atoms with Gasteiger partial charge in [0.25, 0.3) is 0 Å². The van der Waals surface area contributed by atoms with Gasteiger partial charge in [-0.2, -0.15) is 0 Å². The van der Waals surface area contributed by atoms with Crippen LogP contribution in [-0.4, -0.2) is 12.2 Å². The van der Waals surface area contributed by atoms with Gasteiger partial charge < -0.3 is 14.3 Å². The summed E-state index contributed by atoms with van der Waals surface area (Å²) in [6.07, 6.45) is -0.746. The Morgan fingerprint density at radius 2 is 2.06 bits per heavy atom. The van der Waals surface area contributed by atoms with Gasteiger partial charge in [0.1, 0.15) is 23.4 Å². The maximum Gasteiger partial charge on any atom is 0.137 e. The van der Waals surface area contributed by atoms with Gasteiger partial charge in [-0.1, -0.05) is 12.1 Å². The van der Waals surface area contributed by atoms with E-state index in [1.54, 1.807) is 19.2 Å². The molecule has 0 aliphatic heterocycles. The van der Waals surface area contributed by atoms with Crippen molar-refractivity contribution in [2.24, 2.45) is 0 Å². The molecule has 1 unspecified atom stereocenters. The van der Waals surface area contributed by atoms with E-state index in [1.807, 2.05) is 31.2 Å². The lowest BCUT2D eigenvalue weighted by atomic mass is 10.1. The molecule has 0 amide bonds. The highest BCUT2D eigenvalue weighted by atomic mass is 16.5. The summed E-state index contributed by atoms with van der Waals surface area (Å²) in [7, 11) is 1.60. The number of aliphatic hydroxyl groups excluding tert-OH is 1. The number of hydrogen-bond donors (Lipinski definition) is 1. The molecular formula is C13H14O3. The van der Waals surface area contributed by atoms with Crippen molar-refractivity contribution in [1.29, 1.82) is 0 Å². The summed E-state index contributed by atoms with van der Waals surface area (Å²) < 4.78 is 10.5. The van der Waals surface area contributed by atoms with E-state index in [2.05, 4.69) is 0 Å². The SMILES string of the molecule is COc1cccc(C(O)c2ccc(C)o2)c1. The van der Waals surface area contributed by atoms with Crippen LogP contribution in [0.25, 0.3) is 0 Å². The van der Waals surface area contributed by atoms with Gasteiger partial charge in [0.15, 0.2) is 0 Å². The molecule has 16 heavy (non-hydrogen) atoms. The molecule has 3 nitrogen and oxygen atoms in total. The van der Waals surface area contributed by atoms with E-state index in [0.29, 0.717) is 5.76 Å². The van der Waals surface area contributed by atoms with Crippen LogP contribution in [0.5, 0.6) is 5.75 Å². The van der Waals surface area contributed by atoms with Gasteiger partial charge in [-0.25, -0.2) is 0 Å². The third-order valence-electron chi connectivity index (χ3n) is 2.44. The first-order valence-corrected chi connectivity index (χ1v) is 5.09. The Kier molecular flexibility index (Phi) is 2.97. The Labute approximate surface area is 94.3 Å². The van der Waals surface area contributed by atoms with Crippen molar-refractivity contribution in [3.63, 3.8) is 0 Å². The van der Waals surface area contributed by atoms with E-state index in [1.165, 1.54) is 0 Å². The molecule has 0 aliphatic rings. The fraction of sp³-hybridized carbons (Fsp3) is 0.231. The Bertz CT molecular complexity index is 474. The molecule has 1 aromatic heterocycles. The zero-order chi connectivity index (χ0) is 11.5. The number of ether oxygens (including phenoxy) is 1. The first-order chi connectivity index (χ1) is 7.70. The van der Waals surface area contributed by atoms with Crippen LogP contribution >= 0.6 is 0 Å². The second kappa shape index (κ2) is 4.41. The first-order valence-electron chi connectivity index (χ1n) is 5.09. The van der Waals surface area contributed by atoms with Crippen molar-refractivity contribution in [3.05, 3.63) is 53.5 Å². The summed E-state index contributed by atoms with van der Waals surface area (Å²) in [6.45, 7) is 1.85. The van der Waals surface area contributed by atoms with Crippen molar-refractivity contribution in [1.82, 2.24) is 0 Å². The maximum atomic E-state index is 10.1. The fourth-order valence-corrected chi connectivity index (χ4v) is 1.58. The summed E-state index contributed by atoms with van der Waals surface area (Å²) in [5.74, 6) is 2.06. The largest absolute Gasteiger partial charge is 0.497 e. The van der Waals surface area contributed by atoms with Gasteiger partial charge in [-0.3, -0.25) is 0 Å². The third-order valence-corrected chi connectivity index (χ3v) is 2.44. The van der Waals surface area contributed by atoms with Crippen LogP contribution < -0.4 is 4.74 Å². The molecule has 2 rings (SSSR count). The van der Waals surface area contributed by atoms with Gasteiger partial charge >= 0.3 is 0 Å². The Balaban J connectivity index is 2.29. The van der Waals surface area contributed by atoms with E-state index in [0.717, 1.165) is 17.1 Å². The molecule has 0 radical (unpaired) electrons. The quantitative estimate of drug-likeness (QED) is 0.861. The average Bonchev–Trinajstić information content (AvgIpc) is 2.75. The van der Waals surface area contributed by atoms with Gasteiger partial charge in [0.05, 0.1) is 7.11 Å². The van der Waals surface area contributed by atoms with Crippen LogP contribution in [0.4, 0.5) is 0 Å². The standard InChI is InChI=1S/C13H14O3/c1-9-6-7-12(16-9)13(14)10-4-3-5-11(8-10)15-2/h3-8,13-14H,1-2H3. The molecule has 1 atom stereocenters. The first kappa shape index (κ1) is 10.8. The molecule has 2 aromatic rings. The molecule has 1 heterocycles. The zero-order valence-electron chi connectivity index (χ0n) is 9.31. The highest BCUT2D eigenvalue weighted by Gasteiger charge is 2.14. The minimum Gasteiger partial charge on any atom is -0.497 e. The number of rotatable bonds is 3. The predicted octanol–water partition coefficient (Wildman–Crippen LogP) is 2.68. The summed E-state index contributed by atoms with van der Waals surface area (Å²) in [5.41, 5.74) is 0.758. The molecule has 84 valence electrons. The molecule has 0 aliphatic carbocycles. The fourth-order valence-electron chi connectivity index (χ4n) is 1.58. The lowest BCUT2D eigenvalue weighted by Crippen LogP contribution is -1.98. The normalized spacial score (nSPS) is 12.4. The number of hydrogen-bond acceptors (Lipinski definition) is 3. The minimum absolute atomic E-state index is 0.547. The summed E-state index contributed by atoms with van der Waals surface area (Å²) >= 11 is 0. The van der Waals surface area contributed by atoms with E-state index in [-0.39, 0.29) is 0 Å². The van der Waals surface area contributed by atoms with E-state index < -0.39 is 6.10 Å².